The van der Waals surface area contributed by atoms with Gasteiger partial charge in [0.25, 0.3) is 0 Å². The number of amidine groups is 1. The van der Waals surface area contributed by atoms with E-state index in [0.29, 0.717) is 12.8 Å². The van der Waals surface area contributed by atoms with E-state index in [1.165, 1.54) is 0 Å². The van der Waals surface area contributed by atoms with Gasteiger partial charge in [0.2, 0.25) is 5.82 Å². The summed E-state index contributed by atoms with van der Waals surface area (Å²) < 4.78 is 67.0. The molecule has 1 aromatic rings. The number of anilines is 1. The molecule has 21 heavy (non-hydrogen) atoms. The van der Waals surface area contributed by atoms with Gasteiger partial charge in [-0.05, 0) is 12.8 Å². The Morgan fingerprint density at radius 1 is 1.05 bits per heavy atom. The van der Waals surface area contributed by atoms with Crippen LogP contribution in [0.2, 0.25) is 0 Å². The lowest BCUT2D eigenvalue weighted by Gasteiger charge is -2.25. The highest BCUT2D eigenvalue weighted by molar-refractivity contribution is 5.80. The highest BCUT2D eigenvalue weighted by atomic mass is 19.2. The van der Waals surface area contributed by atoms with Gasteiger partial charge in [0.1, 0.15) is 11.5 Å². The number of hydrogen-bond donors (Lipinski definition) is 2. The van der Waals surface area contributed by atoms with Crippen LogP contribution in [0.3, 0.4) is 0 Å². The molecular weight excluding hydrogens is 297 g/mol. The Bertz CT molecular complexity index is 560. The minimum Gasteiger partial charge on any atom is -0.409 e. The van der Waals surface area contributed by atoms with Gasteiger partial charge in [0.15, 0.2) is 23.3 Å². The fourth-order valence-electron chi connectivity index (χ4n) is 1.99. The van der Waals surface area contributed by atoms with Crippen LogP contribution in [0.5, 0.6) is 0 Å². The molecule has 0 spiro atoms. The lowest BCUT2D eigenvalue weighted by atomic mass is 10.2. The average Bonchev–Trinajstić information content (AvgIpc) is 3.30. The minimum absolute atomic E-state index is 0.0769. The molecule has 1 fully saturated rings. The summed E-state index contributed by atoms with van der Waals surface area (Å²) >= 11 is 0. The summed E-state index contributed by atoms with van der Waals surface area (Å²) in [7, 11) is 0. The van der Waals surface area contributed by atoms with Crippen molar-refractivity contribution in [3.63, 3.8) is 0 Å². The Kier molecular flexibility index (Phi) is 4.19. The largest absolute Gasteiger partial charge is 0.409 e. The van der Waals surface area contributed by atoms with Crippen molar-refractivity contribution in [3.05, 3.63) is 29.1 Å². The quantitative estimate of drug-likeness (QED) is 0.167. The first-order chi connectivity index (χ1) is 9.88. The van der Waals surface area contributed by atoms with Crippen LogP contribution in [-0.4, -0.2) is 23.6 Å². The van der Waals surface area contributed by atoms with Crippen molar-refractivity contribution >= 4 is 11.5 Å². The summed E-state index contributed by atoms with van der Waals surface area (Å²) in [6, 6.07) is -0.329. The fraction of sp³-hybridized carbons (Fsp3) is 0.417. The lowest BCUT2D eigenvalue weighted by molar-refractivity contribution is 0.317. The van der Waals surface area contributed by atoms with E-state index in [-0.39, 0.29) is 24.8 Å². The number of benzene rings is 1. The first-order valence-electron chi connectivity index (χ1n) is 6.13. The van der Waals surface area contributed by atoms with Crippen LogP contribution in [-0.2, 0) is 0 Å². The van der Waals surface area contributed by atoms with E-state index < -0.39 is 34.8 Å². The van der Waals surface area contributed by atoms with Gasteiger partial charge in [0.05, 0.1) is 0 Å². The molecule has 1 aromatic carbocycles. The van der Waals surface area contributed by atoms with E-state index in [1.807, 2.05) is 0 Å². The number of rotatable bonds is 5. The zero-order chi connectivity index (χ0) is 15.7. The summed E-state index contributed by atoms with van der Waals surface area (Å²) in [4.78, 5) is 1.06. The van der Waals surface area contributed by atoms with E-state index in [9.17, 15) is 22.0 Å². The Labute approximate surface area is 116 Å². The Morgan fingerprint density at radius 2 is 1.52 bits per heavy atom. The predicted octanol–water partition coefficient (Wildman–Crippen LogP) is 2.49. The molecule has 0 saturated heterocycles. The molecule has 0 radical (unpaired) electrons. The number of halogens is 5. The minimum atomic E-state index is -2.19. The molecule has 0 aliphatic heterocycles. The van der Waals surface area contributed by atoms with E-state index in [2.05, 4.69) is 5.16 Å². The Morgan fingerprint density at radius 3 is 1.95 bits per heavy atom. The van der Waals surface area contributed by atoms with E-state index in [1.54, 1.807) is 0 Å². The van der Waals surface area contributed by atoms with Crippen LogP contribution in [0, 0.1) is 29.1 Å². The third kappa shape index (κ3) is 2.86. The molecule has 116 valence electrons. The zero-order valence-corrected chi connectivity index (χ0v) is 10.7. The second-order valence-electron chi connectivity index (χ2n) is 4.68. The molecule has 1 aliphatic carbocycles. The molecule has 2 rings (SSSR count). The summed E-state index contributed by atoms with van der Waals surface area (Å²) in [6.45, 7) is -0.126. The second kappa shape index (κ2) is 5.74. The zero-order valence-electron chi connectivity index (χ0n) is 10.7. The Balaban J connectivity index is 2.41. The van der Waals surface area contributed by atoms with Crippen LogP contribution >= 0.6 is 0 Å². The SMILES string of the molecule is NC(CCN(c1c(F)c(F)c(F)c(F)c1F)C1CC1)=NO. The van der Waals surface area contributed by atoms with Gasteiger partial charge in [0, 0.05) is 19.0 Å². The first kappa shape index (κ1) is 15.3. The summed E-state index contributed by atoms with van der Waals surface area (Å²) in [5.41, 5.74) is 4.29. The maximum Gasteiger partial charge on any atom is 0.200 e. The average molecular weight is 309 g/mol. The van der Waals surface area contributed by atoms with Gasteiger partial charge in [-0.2, -0.15) is 0 Å². The van der Waals surface area contributed by atoms with Crippen LogP contribution < -0.4 is 10.6 Å². The molecule has 0 aromatic heterocycles. The molecule has 9 heteroatoms. The molecule has 0 unspecified atom stereocenters. The monoisotopic (exact) mass is 309 g/mol. The molecule has 0 atom stereocenters. The predicted molar refractivity (Wildman–Crippen MR) is 64.6 cm³/mol. The lowest BCUT2D eigenvalue weighted by Crippen LogP contribution is -2.32. The second-order valence-corrected chi connectivity index (χ2v) is 4.68. The van der Waals surface area contributed by atoms with Crippen molar-refractivity contribution in [2.75, 3.05) is 11.4 Å². The van der Waals surface area contributed by atoms with Crippen LogP contribution in [0.4, 0.5) is 27.6 Å². The number of nitrogens with two attached hydrogens (primary N) is 1. The maximum absolute atomic E-state index is 13.8. The number of hydrogen-bond acceptors (Lipinski definition) is 3. The summed E-state index contributed by atoms with van der Waals surface area (Å²) in [5.74, 6) is -10.1. The van der Waals surface area contributed by atoms with Crippen molar-refractivity contribution in [2.24, 2.45) is 10.9 Å². The van der Waals surface area contributed by atoms with E-state index in [4.69, 9.17) is 10.9 Å². The third-order valence-corrected chi connectivity index (χ3v) is 3.20. The smallest absolute Gasteiger partial charge is 0.200 e. The van der Waals surface area contributed by atoms with E-state index in [0.717, 1.165) is 4.90 Å². The standard InChI is InChI=1S/C12H12F5N3O/c13-7-8(14)10(16)12(11(17)9(7)15)20(5-1-2-5)4-3-6(18)19-21/h5,21H,1-4H2,(H2,18,19). The molecule has 0 bridgehead atoms. The summed E-state index contributed by atoms with van der Waals surface area (Å²) in [6.07, 6.45) is 1.05. The maximum atomic E-state index is 13.8. The van der Waals surface area contributed by atoms with Crippen LogP contribution in [0.25, 0.3) is 0 Å². The molecule has 3 N–H and O–H groups in total. The van der Waals surface area contributed by atoms with Gasteiger partial charge in [-0.1, -0.05) is 5.16 Å². The van der Waals surface area contributed by atoms with Gasteiger partial charge >= 0.3 is 0 Å². The van der Waals surface area contributed by atoms with Gasteiger partial charge in [-0.3, -0.25) is 0 Å². The van der Waals surface area contributed by atoms with Crippen molar-refractivity contribution in [1.82, 2.24) is 0 Å². The molecule has 1 aliphatic rings. The van der Waals surface area contributed by atoms with Crippen LogP contribution in [0.15, 0.2) is 5.16 Å². The van der Waals surface area contributed by atoms with Crippen molar-refractivity contribution in [3.8, 4) is 0 Å². The third-order valence-electron chi connectivity index (χ3n) is 3.20. The molecule has 4 nitrogen and oxygen atoms in total. The number of nitrogens with zero attached hydrogens (tertiary/aromatic N) is 2. The van der Waals surface area contributed by atoms with Crippen LogP contribution in [0.1, 0.15) is 19.3 Å². The molecule has 0 heterocycles. The van der Waals surface area contributed by atoms with Gasteiger partial charge in [-0.15, -0.1) is 0 Å². The van der Waals surface area contributed by atoms with Crippen molar-refractivity contribution in [1.29, 1.82) is 0 Å². The number of oxime groups is 1. The topological polar surface area (TPSA) is 61.8 Å². The van der Waals surface area contributed by atoms with Gasteiger partial charge < -0.3 is 15.8 Å². The van der Waals surface area contributed by atoms with E-state index >= 15 is 0 Å². The molecule has 0 amide bonds. The molecular formula is C12H12F5N3O. The first-order valence-corrected chi connectivity index (χ1v) is 6.13. The highest BCUT2D eigenvalue weighted by Gasteiger charge is 2.36. The highest BCUT2D eigenvalue weighted by Crippen LogP contribution is 2.37. The Hall–Kier alpha value is -2.06. The van der Waals surface area contributed by atoms with Gasteiger partial charge in [-0.25, -0.2) is 22.0 Å². The van der Waals surface area contributed by atoms with Crippen molar-refractivity contribution < 1.29 is 27.2 Å². The fourth-order valence-corrected chi connectivity index (χ4v) is 1.99. The molecule has 1 saturated carbocycles. The normalized spacial score (nSPS) is 15.4. The summed E-state index contributed by atoms with van der Waals surface area (Å²) in [5, 5.41) is 11.1. The van der Waals surface area contributed by atoms with Crippen molar-refractivity contribution in [2.45, 2.75) is 25.3 Å².